The third-order valence-corrected chi connectivity index (χ3v) is 4.22. The topological polar surface area (TPSA) is 29.9 Å². The molecule has 3 aromatic rings. The molecular weight excluding hydrogens is 258 g/mol. The molecule has 1 aromatic heterocycles. The van der Waals surface area contributed by atoms with E-state index >= 15 is 0 Å². The fourth-order valence-corrected chi connectivity index (χ4v) is 3.20. The van der Waals surface area contributed by atoms with E-state index in [4.69, 9.17) is 4.98 Å². The van der Waals surface area contributed by atoms with Crippen molar-refractivity contribution in [2.45, 2.75) is 25.3 Å². The van der Waals surface area contributed by atoms with E-state index < -0.39 is 0 Å². The first kappa shape index (κ1) is 12.6. The quantitative estimate of drug-likeness (QED) is 0.771. The Morgan fingerprint density at radius 1 is 0.952 bits per heavy atom. The van der Waals surface area contributed by atoms with Crippen LogP contribution in [-0.4, -0.2) is 16.1 Å². The normalized spacial score (nSPS) is 19.0. The van der Waals surface area contributed by atoms with Crippen molar-refractivity contribution in [3.05, 3.63) is 60.4 Å². The Balaban J connectivity index is 1.92. The van der Waals surface area contributed by atoms with Crippen LogP contribution in [0, 0.1) is 0 Å². The first-order valence-corrected chi connectivity index (χ1v) is 7.70. The predicted octanol–water partition coefficient (Wildman–Crippen LogP) is 3.84. The zero-order chi connectivity index (χ0) is 14.1. The summed E-state index contributed by atoms with van der Waals surface area (Å²) in [5.74, 6) is 1.14. The summed E-state index contributed by atoms with van der Waals surface area (Å²) in [5, 5.41) is 3.62. The molecule has 4 rings (SSSR count). The minimum Gasteiger partial charge on any atom is -0.307 e. The molecule has 21 heavy (non-hydrogen) atoms. The van der Waals surface area contributed by atoms with Crippen LogP contribution in [0.1, 0.15) is 31.1 Å². The Morgan fingerprint density at radius 3 is 2.57 bits per heavy atom. The molecule has 0 radical (unpaired) electrons. The Kier molecular flexibility index (Phi) is 3.20. The molecule has 3 nitrogen and oxygen atoms in total. The van der Waals surface area contributed by atoms with Crippen LogP contribution in [0.3, 0.4) is 0 Å². The fraction of sp³-hybridized carbons (Fsp3) is 0.278. The number of hydrogen-bond acceptors (Lipinski definition) is 2. The minimum absolute atomic E-state index is 0.353. The molecule has 0 amide bonds. The lowest BCUT2D eigenvalue weighted by Crippen LogP contribution is -2.29. The number of hydrogen-bond donors (Lipinski definition) is 1. The molecule has 2 heterocycles. The molecule has 1 N–H and O–H groups in total. The minimum atomic E-state index is 0.353. The van der Waals surface area contributed by atoms with Gasteiger partial charge in [0.1, 0.15) is 5.82 Å². The van der Waals surface area contributed by atoms with Crippen LogP contribution in [0.5, 0.6) is 0 Å². The van der Waals surface area contributed by atoms with E-state index in [1.165, 1.54) is 24.0 Å². The number of para-hydroxylation sites is 3. The van der Waals surface area contributed by atoms with Gasteiger partial charge < -0.3 is 5.32 Å². The van der Waals surface area contributed by atoms with E-state index in [-0.39, 0.29) is 0 Å². The lowest BCUT2D eigenvalue weighted by molar-refractivity contribution is 0.395. The smallest absolute Gasteiger partial charge is 0.131 e. The van der Waals surface area contributed by atoms with E-state index in [2.05, 4.69) is 64.5 Å². The van der Waals surface area contributed by atoms with Crippen LogP contribution in [0.25, 0.3) is 16.7 Å². The summed E-state index contributed by atoms with van der Waals surface area (Å²) in [6.45, 7) is 1.09. The molecule has 1 fully saturated rings. The van der Waals surface area contributed by atoms with Crippen LogP contribution >= 0.6 is 0 Å². The summed E-state index contributed by atoms with van der Waals surface area (Å²) < 4.78 is 2.30. The van der Waals surface area contributed by atoms with E-state index in [1.807, 2.05) is 0 Å². The van der Waals surface area contributed by atoms with Gasteiger partial charge >= 0.3 is 0 Å². The Bertz CT molecular complexity index is 740. The summed E-state index contributed by atoms with van der Waals surface area (Å²) in [6, 6.07) is 19.3. The molecule has 0 spiro atoms. The van der Waals surface area contributed by atoms with Gasteiger partial charge in [-0.15, -0.1) is 0 Å². The third-order valence-electron chi connectivity index (χ3n) is 4.22. The molecule has 3 heteroatoms. The standard InChI is InChI=1S/C18H19N3/c1-2-8-14(9-3-1)21-17-12-5-4-10-15(17)20-18(21)16-11-6-7-13-19-16/h1-5,8-10,12,16,19H,6-7,11,13H2. The van der Waals surface area contributed by atoms with Crippen LogP contribution in [0.2, 0.25) is 0 Å². The summed E-state index contributed by atoms with van der Waals surface area (Å²) in [4.78, 5) is 4.91. The number of imidazole rings is 1. The van der Waals surface area contributed by atoms with Gasteiger partial charge in [-0.05, 0) is 43.7 Å². The van der Waals surface area contributed by atoms with Gasteiger partial charge in [-0.1, -0.05) is 36.8 Å². The lowest BCUT2D eigenvalue weighted by Gasteiger charge is -2.24. The maximum absolute atomic E-state index is 4.91. The zero-order valence-corrected chi connectivity index (χ0v) is 12.0. The molecule has 0 aliphatic carbocycles. The SMILES string of the molecule is c1ccc(-n2c(C3CCCCN3)nc3ccccc32)cc1. The summed E-state index contributed by atoms with van der Waals surface area (Å²) in [7, 11) is 0. The van der Waals surface area contributed by atoms with E-state index in [0.717, 1.165) is 24.3 Å². The highest BCUT2D eigenvalue weighted by Gasteiger charge is 2.22. The average molecular weight is 277 g/mol. The molecule has 1 aliphatic rings. The van der Waals surface area contributed by atoms with Gasteiger partial charge in [0.05, 0.1) is 17.1 Å². The second kappa shape index (κ2) is 5.34. The maximum Gasteiger partial charge on any atom is 0.131 e. The summed E-state index contributed by atoms with van der Waals surface area (Å²) >= 11 is 0. The molecule has 106 valence electrons. The van der Waals surface area contributed by atoms with Crippen molar-refractivity contribution in [1.29, 1.82) is 0 Å². The predicted molar refractivity (Wildman–Crippen MR) is 85.7 cm³/mol. The Hall–Kier alpha value is -2.13. The maximum atomic E-state index is 4.91. The molecule has 0 bridgehead atoms. The summed E-state index contributed by atoms with van der Waals surface area (Å²) in [5.41, 5.74) is 3.45. The largest absolute Gasteiger partial charge is 0.307 e. The first-order chi connectivity index (χ1) is 10.4. The van der Waals surface area contributed by atoms with Crippen LogP contribution < -0.4 is 5.32 Å². The fourth-order valence-electron chi connectivity index (χ4n) is 3.20. The molecule has 1 unspecified atom stereocenters. The van der Waals surface area contributed by atoms with E-state index in [1.54, 1.807) is 0 Å². The van der Waals surface area contributed by atoms with Crippen molar-refractivity contribution >= 4 is 11.0 Å². The van der Waals surface area contributed by atoms with Crippen molar-refractivity contribution in [3.63, 3.8) is 0 Å². The summed E-state index contributed by atoms with van der Waals surface area (Å²) in [6.07, 6.45) is 3.70. The number of rotatable bonds is 2. The van der Waals surface area contributed by atoms with Gasteiger partial charge in [-0.25, -0.2) is 4.98 Å². The zero-order valence-electron chi connectivity index (χ0n) is 12.0. The van der Waals surface area contributed by atoms with Crippen molar-refractivity contribution < 1.29 is 0 Å². The number of aromatic nitrogens is 2. The highest BCUT2D eigenvalue weighted by atomic mass is 15.1. The van der Waals surface area contributed by atoms with Crippen LogP contribution in [0.4, 0.5) is 0 Å². The lowest BCUT2D eigenvalue weighted by atomic mass is 10.0. The molecule has 0 saturated carbocycles. The molecule has 1 atom stereocenters. The van der Waals surface area contributed by atoms with Gasteiger partial charge in [0.25, 0.3) is 0 Å². The second-order valence-corrected chi connectivity index (χ2v) is 5.63. The highest BCUT2D eigenvalue weighted by molar-refractivity contribution is 5.78. The number of piperidine rings is 1. The molecule has 2 aromatic carbocycles. The van der Waals surface area contributed by atoms with Gasteiger partial charge in [-0.3, -0.25) is 4.57 Å². The van der Waals surface area contributed by atoms with E-state index in [9.17, 15) is 0 Å². The van der Waals surface area contributed by atoms with Crippen molar-refractivity contribution in [2.75, 3.05) is 6.54 Å². The average Bonchev–Trinajstić information content (AvgIpc) is 2.96. The van der Waals surface area contributed by atoms with Gasteiger partial charge in [-0.2, -0.15) is 0 Å². The molecule has 1 aliphatic heterocycles. The number of fused-ring (bicyclic) bond motifs is 1. The first-order valence-electron chi connectivity index (χ1n) is 7.70. The number of nitrogens with one attached hydrogen (secondary N) is 1. The second-order valence-electron chi connectivity index (χ2n) is 5.63. The van der Waals surface area contributed by atoms with Crippen molar-refractivity contribution in [3.8, 4) is 5.69 Å². The molecular formula is C18H19N3. The number of nitrogens with zero attached hydrogens (tertiary/aromatic N) is 2. The monoisotopic (exact) mass is 277 g/mol. The Labute approximate surface area is 124 Å². The van der Waals surface area contributed by atoms with Crippen molar-refractivity contribution in [2.24, 2.45) is 0 Å². The Morgan fingerprint density at radius 2 is 1.76 bits per heavy atom. The number of benzene rings is 2. The van der Waals surface area contributed by atoms with Crippen LogP contribution in [0.15, 0.2) is 54.6 Å². The van der Waals surface area contributed by atoms with E-state index in [0.29, 0.717) is 6.04 Å². The van der Waals surface area contributed by atoms with Gasteiger partial charge in [0.15, 0.2) is 0 Å². The highest BCUT2D eigenvalue weighted by Crippen LogP contribution is 2.29. The van der Waals surface area contributed by atoms with Gasteiger partial charge in [0, 0.05) is 5.69 Å². The molecule has 1 saturated heterocycles. The van der Waals surface area contributed by atoms with Crippen molar-refractivity contribution in [1.82, 2.24) is 14.9 Å². The third kappa shape index (κ3) is 2.24. The van der Waals surface area contributed by atoms with Crippen LogP contribution in [-0.2, 0) is 0 Å². The van der Waals surface area contributed by atoms with Gasteiger partial charge in [0.2, 0.25) is 0 Å².